The average Bonchev–Trinajstić information content (AvgIpc) is 3.19. The molecule has 130 valence electrons. The van der Waals surface area contributed by atoms with Crippen LogP contribution in [0, 0.1) is 12.8 Å². The molecule has 6 heteroatoms. The molecule has 2 aromatic rings. The highest BCUT2D eigenvalue weighted by molar-refractivity contribution is 6.30. The summed E-state index contributed by atoms with van der Waals surface area (Å²) < 4.78 is 7.36. The van der Waals surface area contributed by atoms with E-state index in [2.05, 4.69) is 31.8 Å². The zero-order valence-corrected chi connectivity index (χ0v) is 15.2. The van der Waals surface area contributed by atoms with Crippen LogP contribution in [0.5, 0.6) is 0 Å². The third-order valence-electron chi connectivity index (χ3n) is 4.86. The van der Waals surface area contributed by atoms with Gasteiger partial charge in [0.15, 0.2) is 0 Å². The van der Waals surface area contributed by atoms with Crippen LogP contribution in [0.2, 0.25) is 5.02 Å². The normalized spacial score (nSPS) is 19.6. The molecule has 1 aliphatic carbocycles. The van der Waals surface area contributed by atoms with E-state index in [-0.39, 0.29) is 0 Å². The lowest BCUT2D eigenvalue weighted by Crippen LogP contribution is -2.23. The maximum absolute atomic E-state index is 6.03. The molecule has 2 aliphatic rings. The number of rotatable bonds is 4. The van der Waals surface area contributed by atoms with Crippen LogP contribution in [0.1, 0.15) is 12.2 Å². The van der Waals surface area contributed by atoms with E-state index in [9.17, 15) is 0 Å². The number of aromatic nitrogens is 3. The number of nitrogens with zero attached hydrogens (tertiary/aromatic N) is 4. The van der Waals surface area contributed by atoms with E-state index in [1.54, 1.807) is 7.11 Å². The Balaban J connectivity index is 1.62. The first-order valence-corrected chi connectivity index (χ1v) is 8.85. The quantitative estimate of drug-likeness (QED) is 0.840. The van der Waals surface area contributed by atoms with Crippen molar-refractivity contribution in [3.63, 3.8) is 0 Å². The Kier molecular flexibility index (Phi) is 4.36. The number of benzene rings is 1. The van der Waals surface area contributed by atoms with E-state index >= 15 is 0 Å². The van der Waals surface area contributed by atoms with Crippen molar-refractivity contribution in [3.05, 3.63) is 58.4 Å². The largest absolute Gasteiger partial charge is 0.380 e. The van der Waals surface area contributed by atoms with Crippen molar-refractivity contribution in [2.75, 3.05) is 31.7 Å². The molecular weight excluding hydrogens is 336 g/mol. The molecule has 1 saturated heterocycles. The Hall–Kier alpha value is -2.11. The Labute approximate surface area is 152 Å². The second kappa shape index (κ2) is 6.65. The average molecular weight is 357 g/mol. The van der Waals surface area contributed by atoms with Gasteiger partial charge in [-0.3, -0.25) is 4.57 Å². The Morgan fingerprint density at radius 1 is 1.24 bits per heavy atom. The lowest BCUT2D eigenvalue weighted by molar-refractivity contribution is 0.227. The standard InChI is InChI=1S/C19H21ClN4O/c1-13-21-22-19(24(13)18-7-5-17(20)6-8-18)23-10-15-4-3-14(12-25-2)9-16(15)11-23/h3,5-9,15H,4,10-12H2,1-2H3. The number of allylic oxidation sites excluding steroid dienone is 1. The van der Waals surface area contributed by atoms with Gasteiger partial charge >= 0.3 is 0 Å². The van der Waals surface area contributed by atoms with E-state index in [1.165, 1.54) is 11.1 Å². The van der Waals surface area contributed by atoms with E-state index in [0.29, 0.717) is 12.5 Å². The smallest absolute Gasteiger partial charge is 0.232 e. The summed E-state index contributed by atoms with van der Waals surface area (Å²) in [4.78, 5) is 2.31. The van der Waals surface area contributed by atoms with Gasteiger partial charge in [0.2, 0.25) is 5.95 Å². The lowest BCUT2D eigenvalue weighted by Gasteiger charge is -2.18. The first-order chi connectivity index (χ1) is 12.2. The van der Waals surface area contributed by atoms with E-state index < -0.39 is 0 Å². The summed E-state index contributed by atoms with van der Waals surface area (Å²) >= 11 is 6.03. The molecule has 4 rings (SSSR count). The van der Waals surface area contributed by atoms with Crippen LogP contribution in [-0.4, -0.2) is 41.6 Å². The van der Waals surface area contributed by atoms with E-state index in [4.69, 9.17) is 16.3 Å². The maximum Gasteiger partial charge on any atom is 0.232 e. The highest BCUT2D eigenvalue weighted by Crippen LogP contribution is 2.34. The molecule has 1 atom stereocenters. The molecule has 0 amide bonds. The predicted octanol–water partition coefficient (Wildman–Crippen LogP) is 3.57. The van der Waals surface area contributed by atoms with Crippen molar-refractivity contribution in [1.82, 2.24) is 14.8 Å². The number of fused-ring (bicyclic) bond motifs is 1. The number of anilines is 1. The van der Waals surface area contributed by atoms with Crippen LogP contribution in [0.3, 0.4) is 0 Å². The van der Waals surface area contributed by atoms with Gasteiger partial charge in [-0.15, -0.1) is 10.2 Å². The number of aryl methyl sites for hydroxylation is 1. The van der Waals surface area contributed by atoms with Crippen LogP contribution in [0.4, 0.5) is 5.95 Å². The molecule has 0 saturated carbocycles. The summed E-state index contributed by atoms with van der Waals surface area (Å²) in [5.41, 5.74) is 3.76. The predicted molar refractivity (Wildman–Crippen MR) is 99.5 cm³/mol. The van der Waals surface area contributed by atoms with Crippen molar-refractivity contribution in [2.45, 2.75) is 13.3 Å². The summed E-state index contributed by atoms with van der Waals surface area (Å²) in [6.07, 6.45) is 5.64. The van der Waals surface area contributed by atoms with Gasteiger partial charge in [-0.2, -0.15) is 0 Å². The Morgan fingerprint density at radius 2 is 2.04 bits per heavy atom. The van der Waals surface area contributed by atoms with E-state index in [0.717, 1.165) is 42.0 Å². The molecule has 0 radical (unpaired) electrons. The molecule has 5 nitrogen and oxygen atoms in total. The van der Waals surface area contributed by atoms with Gasteiger partial charge in [0.05, 0.1) is 12.3 Å². The summed E-state index contributed by atoms with van der Waals surface area (Å²) in [7, 11) is 1.74. The third kappa shape index (κ3) is 3.10. The SMILES string of the molecule is COCC1=CCC2CN(c3nnc(C)n3-c3ccc(Cl)cc3)CC2=C1. The molecule has 1 aromatic carbocycles. The molecule has 0 bridgehead atoms. The highest BCUT2D eigenvalue weighted by atomic mass is 35.5. The third-order valence-corrected chi connectivity index (χ3v) is 5.11. The van der Waals surface area contributed by atoms with Gasteiger partial charge in [-0.1, -0.05) is 23.8 Å². The molecule has 1 aromatic heterocycles. The fraction of sp³-hybridized carbons (Fsp3) is 0.368. The summed E-state index contributed by atoms with van der Waals surface area (Å²) in [6, 6.07) is 7.80. The Morgan fingerprint density at radius 3 is 2.80 bits per heavy atom. The van der Waals surface area contributed by atoms with Crippen molar-refractivity contribution < 1.29 is 4.74 Å². The van der Waals surface area contributed by atoms with E-state index in [1.807, 2.05) is 31.2 Å². The fourth-order valence-electron chi connectivity index (χ4n) is 3.65. The van der Waals surface area contributed by atoms with Crippen molar-refractivity contribution in [1.29, 1.82) is 0 Å². The number of hydrogen-bond donors (Lipinski definition) is 0. The van der Waals surface area contributed by atoms with Crippen molar-refractivity contribution in [2.24, 2.45) is 5.92 Å². The fourth-order valence-corrected chi connectivity index (χ4v) is 3.77. The van der Waals surface area contributed by atoms with Gasteiger partial charge in [0, 0.05) is 31.1 Å². The molecule has 1 unspecified atom stereocenters. The molecule has 0 N–H and O–H groups in total. The number of methoxy groups -OCH3 is 1. The highest BCUT2D eigenvalue weighted by Gasteiger charge is 2.32. The van der Waals surface area contributed by atoms with Crippen molar-refractivity contribution >= 4 is 17.5 Å². The van der Waals surface area contributed by atoms with Crippen LogP contribution in [0.25, 0.3) is 5.69 Å². The van der Waals surface area contributed by atoms with Gasteiger partial charge < -0.3 is 9.64 Å². The second-order valence-electron chi connectivity index (χ2n) is 6.60. The first kappa shape index (κ1) is 16.4. The minimum Gasteiger partial charge on any atom is -0.380 e. The minimum atomic E-state index is 0.552. The molecule has 1 aliphatic heterocycles. The topological polar surface area (TPSA) is 43.2 Å². The summed E-state index contributed by atoms with van der Waals surface area (Å²) in [5.74, 6) is 2.32. The van der Waals surface area contributed by atoms with Crippen LogP contribution in [0.15, 0.2) is 47.6 Å². The summed E-state index contributed by atoms with van der Waals surface area (Å²) in [5, 5.41) is 9.48. The van der Waals surface area contributed by atoms with Gasteiger partial charge in [-0.25, -0.2) is 0 Å². The molecule has 1 fully saturated rings. The molecule has 0 spiro atoms. The van der Waals surface area contributed by atoms with Crippen molar-refractivity contribution in [3.8, 4) is 5.69 Å². The minimum absolute atomic E-state index is 0.552. The van der Waals surface area contributed by atoms with Gasteiger partial charge in [-0.05, 0) is 48.8 Å². The van der Waals surface area contributed by atoms with Gasteiger partial charge in [0.25, 0.3) is 0 Å². The zero-order chi connectivity index (χ0) is 17.4. The number of hydrogen-bond acceptors (Lipinski definition) is 4. The molecular formula is C19H21ClN4O. The Bertz CT molecular complexity index is 838. The zero-order valence-electron chi connectivity index (χ0n) is 14.4. The first-order valence-electron chi connectivity index (χ1n) is 8.47. The van der Waals surface area contributed by atoms with Crippen LogP contribution >= 0.6 is 11.6 Å². The molecule has 2 heterocycles. The lowest BCUT2D eigenvalue weighted by atomic mass is 9.91. The van der Waals surface area contributed by atoms with Crippen LogP contribution in [-0.2, 0) is 4.74 Å². The second-order valence-corrected chi connectivity index (χ2v) is 7.04. The van der Waals surface area contributed by atoms with Gasteiger partial charge in [0.1, 0.15) is 5.82 Å². The van der Waals surface area contributed by atoms with Crippen LogP contribution < -0.4 is 4.90 Å². The number of ether oxygens (including phenoxy) is 1. The maximum atomic E-state index is 6.03. The number of halogens is 1. The summed E-state index contributed by atoms with van der Waals surface area (Å²) in [6.45, 7) is 4.51. The molecule has 25 heavy (non-hydrogen) atoms. The monoisotopic (exact) mass is 356 g/mol.